The van der Waals surface area contributed by atoms with E-state index in [4.69, 9.17) is 4.74 Å². The van der Waals surface area contributed by atoms with Crippen LogP contribution in [0.3, 0.4) is 0 Å². The molecule has 0 radical (unpaired) electrons. The van der Waals surface area contributed by atoms with Gasteiger partial charge in [-0.25, -0.2) is 0 Å². The fourth-order valence-electron chi connectivity index (χ4n) is 0.507. The summed E-state index contributed by atoms with van der Waals surface area (Å²) in [5, 5.41) is 0. The molecule has 0 saturated carbocycles. The zero-order valence-corrected chi connectivity index (χ0v) is 5.55. The lowest BCUT2D eigenvalue weighted by Crippen LogP contribution is -2.41. The fourth-order valence-corrected chi connectivity index (χ4v) is 1.52. The Balaban J connectivity index is 2.29. The Morgan fingerprint density at radius 1 is 1.57 bits per heavy atom. The van der Waals surface area contributed by atoms with Crippen LogP contribution in [0.5, 0.6) is 0 Å². The van der Waals surface area contributed by atoms with Crippen molar-refractivity contribution in [3.63, 3.8) is 0 Å². The molecule has 0 aromatic carbocycles. The summed E-state index contributed by atoms with van der Waals surface area (Å²) in [4.78, 5) is 0. The summed E-state index contributed by atoms with van der Waals surface area (Å²) in [5.74, 6) is 2.34. The minimum Gasteiger partial charge on any atom is -0.377 e. The first kappa shape index (κ1) is 5.45. The number of methoxy groups -OCH3 is 1. The van der Waals surface area contributed by atoms with Crippen LogP contribution < -0.4 is 0 Å². The molecule has 0 aromatic rings. The molecule has 0 spiro atoms. The smallest absolute Gasteiger partial charge is 0.0830 e. The van der Waals surface area contributed by atoms with Gasteiger partial charge in [0.05, 0.1) is 5.60 Å². The Bertz CT molecular complexity index is 63.0. The first-order chi connectivity index (χ1) is 3.27. The van der Waals surface area contributed by atoms with Crippen molar-refractivity contribution in [1.82, 2.24) is 0 Å². The average Bonchev–Trinajstić information content (AvgIpc) is 1.61. The highest BCUT2D eigenvalue weighted by atomic mass is 32.2. The lowest BCUT2D eigenvalue weighted by molar-refractivity contribution is 0.0385. The minimum absolute atomic E-state index is 0.227. The molecule has 42 valence electrons. The van der Waals surface area contributed by atoms with Gasteiger partial charge in [0.15, 0.2) is 0 Å². The summed E-state index contributed by atoms with van der Waals surface area (Å²) in [6, 6.07) is 0. The van der Waals surface area contributed by atoms with Crippen molar-refractivity contribution in [2.24, 2.45) is 0 Å². The van der Waals surface area contributed by atoms with Crippen molar-refractivity contribution in [2.75, 3.05) is 18.6 Å². The van der Waals surface area contributed by atoms with Gasteiger partial charge < -0.3 is 4.74 Å². The Labute approximate surface area is 48.4 Å². The van der Waals surface area contributed by atoms with Crippen LogP contribution in [0.4, 0.5) is 0 Å². The van der Waals surface area contributed by atoms with Gasteiger partial charge in [-0.3, -0.25) is 0 Å². The van der Waals surface area contributed by atoms with Crippen molar-refractivity contribution in [3.8, 4) is 0 Å². The van der Waals surface area contributed by atoms with E-state index in [0.717, 1.165) is 0 Å². The largest absolute Gasteiger partial charge is 0.377 e. The molecule has 2 heteroatoms. The average molecular weight is 118 g/mol. The maximum absolute atomic E-state index is 5.15. The summed E-state index contributed by atoms with van der Waals surface area (Å²) in [6.07, 6.45) is 0. The van der Waals surface area contributed by atoms with E-state index in [1.807, 2.05) is 11.8 Å². The van der Waals surface area contributed by atoms with Crippen LogP contribution in [0.2, 0.25) is 0 Å². The van der Waals surface area contributed by atoms with Gasteiger partial charge in [0, 0.05) is 18.6 Å². The predicted molar refractivity (Wildman–Crippen MR) is 32.7 cm³/mol. The molecule has 0 N–H and O–H groups in total. The van der Waals surface area contributed by atoms with Gasteiger partial charge in [0.25, 0.3) is 0 Å². The second-order valence-corrected chi connectivity index (χ2v) is 3.13. The quantitative estimate of drug-likeness (QED) is 0.510. The second kappa shape index (κ2) is 1.67. The van der Waals surface area contributed by atoms with Crippen LogP contribution in [0.1, 0.15) is 6.92 Å². The summed E-state index contributed by atoms with van der Waals surface area (Å²) in [5.41, 5.74) is 0.227. The Morgan fingerprint density at radius 2 is 2.14 bits per heavy atom. The van der Waals surface area contributed by atoms with E-state index >= 15 is 0 Å². The van der Waals surface area contributed by atoms with Gasteiger partial charge in [-0.05, 0) is 6.92 Å². The van der Waals surface area contributed by atoms with Gasteiger partial charge in [-0.2, -0.15) is 11.8 Å². The molecule has 1 rings (SSSR count). The van der Waals surface area contributed by atoms with Crippen LogP contribution in [-0.2, 0) is 4.74 Å². The van der Waals surface area contributed by atoms with Crippen LogP contribution in [0.15, 0.2) is 0 Å². The molecule has 0 aromatic heterocycles. The van der Waals surface area contributed by atoms with Crippen molar-refractivity contribution in [2.45, 2.75) is 12.5 Å². The SMILES string of the molecule is COC1(C)CSC1. The molecule has 1 aliphatic rings. The summed E-state index contributed by atoms with van der Waals surface area (Å²) in [6.45, 7) is 2.14. The number of rotatable bonds is 1. The van der Waals surface area contributed by atoms with Gasteiger partial charge in [-0.1, -0.05) is 0 Å². The molecular weight excluding hydrogens is 108 g/mol. The highest BCUT2D eigenvalue weighted by Gasteiger charge is 2.31. The van der Waals surface area contributed by atoms with Gasteiger partial charge in [-0.15, -0.1) is 0 Å². The zero-order valence-electron chi connectivity index (χ0n) is 4.73. The van der Waals surface area contributed by atoms with Gasteiger partial charge in [0.2, 0.25) is 0 Å². The first-order valence-corrected chi connectivity index (χ1v) is 3.55. The molecule has 1 nitrogen and oxygen atoms in total. The van der Waals surface area contributed by atoms with Gasteiger partial charge in [0.1, 0.15) is 0 Å². The lowest BCUT2D eigenvalue weighted by Gasteiger charge is -2.35. The fraction of sp³-hybridized carbons (Fsp3) is 1.00. The van der Waals surface area contributed by atoms with E-state index < -0.39 is 0 Å². The minimum atomic E-state index is 0.227. The normalized spacial score (nSPS) is 26.6. The second-order valence-electron chi connectivity index (χ2n) is 2.15. The van der Waals surface area contributed by atoms with Crippen molar-refractivity contribution in [1.29, 1.82) is 0 Å². The third-order valence-corrected chi connectivity index (χ3v) is 2.94. The highest BCUT2D eigenvalue weighted by molar-refractivity contribution is 8.00. The molecule has 0 atom stereocenters. The molecule has 0 bridgehead atoms. The molecule has 1 aliphatic heterocycles. The van der Waals surface area contributed by atoms with Gasteiger partial charge >= 0.3 is 0 Å². The monoisotopic (exact) mass is 118 g/mol. The molecule has 1 saturated heterocycles. The molecule has 1 heterocycles. The molecule has 7 heavy (non-hydrogen) atoms. The summed E-state index contributed by atoms with van der Waals surface area (Å²) >= 11 is 1.94. The summed E-state index contributed by atoms with van der Waals surface area (Å²) < 4.78 is 5.15. The van der Waals surface area contributed by atoms with E-state index in [2.05, 4.69) is 6.92 Å². The predicted octanol–water partition coefficient (Wildman–Crippen LogP) is 1.14. The van der Waals surface area contributed by atoms with Crippen LogP contribution >= 0.6 is 11.8 Å². The molecule has 0 unspecified atom stereocenters. The summed E-state index contributed by atoms with van der Waals surface area (Å²) in [7, 11) is 1.78. The highest BCUT2D eigenvalue weighted by Crippen LogP contribution is 2.31. The van der Waals surface area contributed by atoms with E-state index in [0.29, 0.717) is 0 Å². The maximum atomic E-state index is 5.15. The van der Waals surface area contributed by atoms with E-state index in [9.17, 15) is 0 Å². The molecule has 0 amide bonds. The number of thioether (sulfide) groups is 1. The van der Waals surface area contributed by atoms with Crippen LogP contribution in [0, 0.1) is 0 Å². The van der Waals surface area contributed by atoms with E-state index in [1.165, 1.54) is 11.5 Å². The van der Waals surface area contributed by atoms with Crippen molar-refractivity contribution >= 4 is 11.8 Å². The van der Waals surface area contributed by atoms with Crippen LogP contribution in [-0.4, -0.2) is 24.2 Å². The number of hydrogen-bond donors (Lipinski definition) is 0. The lowest BCUT2D eigenvalue weighted by atomic mass is 10.2. The van der Waals surface area contributed by atoms with Crippen molar-refractivity contribution in [3.05, 3.63) is 0 Å². The molecule has 1 fully saturated rings. The number of hydrogen-bond acceptors (Lipinski definition) is 2. The Morgan fingerprint density at radius 3 is 2.14 bits per heavy atom. The standard InChI is InChI=1S/C5H10OS/c1-5(6-2)3-7-4-5/h3-4H2,1-2H3. The third kappa shape index (κ3) is 0.916. The third-order valence-electron chi connectivity index (χ3n) is 1.31. The topological polar surface area (TPSA) is 9.23 Å². The maximum Gasteiger partial charge on any atom is 0.0830 e. The zero-order chi connectivity index (χ0) is 5.33. The van der Waals surface area contributed by atoms with E-state index in [-0.39, 0.29) is 5.60 Å². The van der Waals surface area contributed by atoms with Crippen LogP contribution in [0.25, 0.3) is 0 Å². The van der Waals surface area contributed by atoms with E-state index in [1.54, 1.807) is 7.11 Å². The van der Waals surface area contributed by atoms with Crippen molar-refractivity contribution < 1.29 is 4.74 Å². The Kier molecular flexibility index (Phi) is 1.30. The molecular formula is C5H10OS. The molecule has 0 aliphatic carbocycles. The number of ether oxygens (including phenoxy) is 1. The Hall–Kier alpha value is 0.310. The first-order valence-electron chi connectivity index (χ1n) is 2.40.